The Morgan fingerprint density at radius 3 is 2.73 bits per heavy atom. The van der Waals surface area contributed by atoms with Crippen molar-refractivity contribution in [1.29, 1.82) is 0 Å². The number of carboxylic acids is 1. The number of hydrogen-bond acceptors (Lipinski definition) is 4. The number of sulfone groups is 1. The van der Waals surface area contributed by atoms with Crippen molar-refractivity contribution in [2.45, 2.75) is 37.1 Å². The van der Waals surface area contributed by atoms with Crippen LogP contribution in [-0.4, -0.2) is 48.6 Å². The SMILES string of the molecule is CCS(=O)(=O)c1cccc(CC(=O)N2CCCC2C(=O)O)c1. The van der Waals surface area contributed by atoms with Crippen LogP contribution in [0.15, 0.2) is 29.2 Å². The van der Waals surface area contributed by atoms with Crippen molar-refractivity contribution in [1.82, 2.24) is 4.90 Å². The van der Waals surface area contributed by atoms with Gasteiger partial charge in [0, 0.05) is 6.54 Å². The number of rotatable bonds is 5. The Balaban J connectivity index is 2.16. The summed E-state index contributed by atoms with van der Waals surface area (Å²) >= 11 is 0. The van der Waals surface area contributed by atoms with Crippen molar-refractivity contribution in [3.63, 3.8) is 0 Å². The molecule has 1 aromatic carbocycles. The molecule has 120 valence electrons. The maximum Gasteiger partial charge on any atom is 0.326 e. The summed E-state index contributed by atoms with van der Waals surface area (Å²) in [6.45, 7) is 2.00. The number of carbonyl (C=O) groups excluding carboxylic acids is 1. The van der Waals surface area contributed by atoms with E-state index in [0.29, 0.717) is 24.9 Å². The zero-order valence-corrected chi connectivity index (χ0v) is 13.2. The number of carbonyl (C=O) groups is 2. The van der Waals surface area contributed by atoms with Gasteiger partial charge in [-0.2, -0.15) is 0 Å². The van der Waals surface area contributed by atoms with Gasteiger partial charge in [-0.25, -0.2) is 13.2 Å². The first-order valence-corrected chi connectivity index (χ1v) is 8.84. The molecule has 6 nitrogen and oxygen atoms in total. The zero-order chi connectivity index (χ0) is 16.3. The summed E-state index contributed by atoms with van der Waals surface area (Å²) in [7, 11) is -3.32. The number of amides is 1. The van der Waals surface area contributed by atoms with Gasteiger partial charge < -0.3 is 10.0 Å². The van der Waals surface area contributed by atoms with E-state index in [0.717, 1.165) is 0 Å². The average Bonchev–Trinajstić information content (AvgIpc) is 2.97. The smallest absolute Gasteiger partial charge is 0.326 e. The predicted octanol–water partition coefficient (Wildman–Crippen LogP) is 1.10. The molecule has 1 aliphatic rings. The van der Waals surface area contributed by atoms with Gasteiger partial charge in [-0.05, 0) is 30.5 Å². The fourth-order valence-electron chi connectivity index (χ4n) is 2.61. The number of likely N-dealkylation sites (tertiary alicyclic amines) is 1. The van der Waals surface area contributed by atoms with Crippen molar-refractivity contribution < 1.29 is 23.1 Å². The Hall–Kier alpha value is -1.89. The first-order chi connectivity index (χ1) is 10.3. The molecule has 1 fully saturated rings. The van der Waals surface area contributed by atoms with E-state index in [2.05, 4.69) is 0 Å². The topological polar surface area (TPSA) is 91.8 Å². The van der Waals surface area contributed by atoms with Crippen LogP contribution in [0.2, 0.25) is 0 Å². The van der Waals surface area contributed by atoms with Crippen LogP contribution >= 0.6 is 0 Å². The van der Waals surface area contributed by atoms with E-state index >= 15 is 0 Å². The molecule has 0 spiro atoms. The van der Waals surface area contributed by atoms with Gasteiger partial charge in [0.05, 0.1) is 17.1 Å². The highest BCUT2D eigenvalue weighted by molar-refractivity contribution is 7.91. The van der Waals surface area contributed by atoms with Crippen LogP contribution < -0.4 is 0 Å². The number of aliphatic carboxylic acids is 1. The Morgan fingerprint density at radius 1 is 1.36 bits per heavy atom. The second kappa shape index (κ2) is 6.48. The summed E-state index contributed by atoms with van der Waals surface area (Å²) in [6, 6.07) is 5.50. The highest BCUT2D eigenvalue weighted by Gasteiger charge is 2.33. The summed E-state index contributed by atoms with van der Waals surface area (Å²) < 4.78 is 23.7. The van der Waals surface area contributed by atoms with E-state index in [4.69, 9.17) is 5.11 Å². The van der Waals surface area contributed by atoms with Crippen molar-refractivity contribution in [3.05, 3.63) is 29.8 Å². The molecule has 1 saturated heterocycles. The highest BCUT2D eigenvalue weighted by atomic mass is 32.2. The van der Waals surface area contributed by atoms with Crippen molar-refractivity contribution >= 4 is 21.7 Å². The van der Waals surface area contributed by atoms with E-state index in [1.807, 2.05) is 0 Å². The lowest BCUT2D eigenvalue weighted by atomic mass is 10.1. The fraction of sp³-hybridized carbons (Fsp3) is 0.467. The number of benzene rings is 1. The van der Waals surface area contributed by atoms with Crippen LogP contribution in [0.1, 0.15) is 25.3 Å². The van der Waals surface area contributed by atoms with E-state index in [1.54, 1.807) is 19.1 Å². The van der Waals surface area contributed by atoms with Gasteiger partial charge in [0.1, 0.15) is 6.04 Å². The van der Waals surface area contributed by atoms with Gasteiger partial charge in [0.2, 0.25) is 5.91 Å². The molecule has 1 unspecified atom stereocenters. The standard InChI is InChI=1S/C15H19NO5S/c1-2-22(20,21)12-6-3-5-11(9-12)10-14(17)16-8-4-7-13(16)15(18)19/h3,5-6,9,13H,2,4,7-8,10H2,1H3,(H,18,19). The molecule has 1 atom stereocenters. The molecule has 0 aliphatic carbocycles. The molecule has 0 saturated carbocycles. The number of hydrogen-bond donors (Lipinski definition) is 1. The maximum atomic E-state index is 12.3. The second-order valence-electron chi connectivity index (χ2n) is 5.31. The average molecular weight is 325 g/mol. The highest BCUT2D eigenvalue weighted by Crippen LogP contribution is 2.20. The van der Waals surface area contributed by atoms with Gasteiger partial charge in [0.15, 0.2) is 9.84 Å². The molecule has 2 rings (SSSR count). The molecule has 0 aromatic heterocycles. The Morgan fingerprint density at radius 2 is 2.09 bits per heavy atom. The number of nitrogens with zero attached hydrogens (tertiary/aromatic N) is 1. The predicted molar refractivity (Wildman–Crippen MR) is 80.2 cm³/mol. The lowest BCUT2D eigenvalue weighted by Crippen LogP contribution is -2.41. The summed E-state index contributed by atoms with van der Waals surface area (Å²) in [6.07, 6.45) is 1.15. The van der Waals surface area contributed by atoms with Gasteiger partial charge >= 0.3 is 5.97 Å². The third-order valence-electron chi connectivity index (χ3n) is 3.85. The molecule has 1 aliphatic heterocycles. The normalized spacial score (nSPS) is 18.4. The Bertz CT molecular complexity index is 683. The van der Waals surface area contributed by atoms with Gasteiger partial charge in [0.25, 0.3) is 0 Å². The van der Waals surface area contributed by atoms with Gasteiger partial charge in [-0.15, -0.1) is 0 Å². The maximum absolute atomic E-state index is 12.3. The molecule has 22 heavy (non-hydrogen) atoms. The minimum absolute atomic E-state index is 0.00237. The molecule has 7 heteroatoms. The van der Waals surface area contributed by atoms with Gasteiger partial charge in [-0.3, -0.25) is 4.79 Å². The summed E-state index contributed by atoms with van der Waals surface area (Å²) in [5.74, 6) is -1.28. The Kier molecular flexibility index (Phi) is 4.85. The van der Waals surface area contributed by atoms with Crippen molar-refractivity contribution in [2.75, 3.05) is 12.3 Å². The summed E-state index contributed by atoms with van der Waals surface area (Å²) in [5.41, 5.74) is 0.579. The van der Waals surface area contributed by atoms with Crippen LogP contribution in [0, 0.1) is 0 Å². The first-order valence-electron chi connectivity index (χ1n) is 7.19. The van der Waals surface area contributed by atoms with E-state index in [-0.39, 0.29) is 23.0 Å². The minimum Gasteiger partial charge on any atom is -0.480 e. The molecule has 0 radical (unpaired) electrons. The Labute approximate surface area is 129 Å². The van der Waals surface area contributed by atoms with Crippen LogP contribution in [0.5, 0.6) is 0 Å². The monoisotopic (exact) mass is 325 g/mol. The number of carboxylic acid groups (broad SMARTS) is 1. The van der Waals surface area contributed by atoms with E-state index in [1.165, 1.54) is 17.0 Å². The molecular formula is C15H19NO5S. The van der Waals surface area contributed by atoms with Crippen molar-refractivity contribution in [2.24, 2.45) is 0 Å². The van der Waals surface area contributed by atoms with Crippen molar-refractivity contribution in [3.8, 4) is 0 Å². The molecular weight excluding hydrogens is 306 g/mol. The minimum atomic E-state index is -3.32. The fourth-order valence-corrected chi connectivity index (χ4v) is 3.56. The second-order valence-corrected chi connectivity index (χ2v) is 7.59. The molecule has 0 bridgehead atoms. The quantitative estimate of drug-likeness (QED) is 0.875. The van der Waals surface area contributed by atoms with Crippen LogP contribution in [0.25, 0.3) is 0 Å². The lowest BCUT2D eigenvalue weighted by Gasteiger charge is -2.21. The molecule has 1 amide bonds. The molecule has 1 heterocycles. The van der Waals surface area contributed by atoms with E-state index < -0.39 is 21.8 Å². The van der Waals surface area contributed by atoms with Crippen LogP contribution in [0.4, 0.5) is 0 Å². The first kappa shape index (κ1) is 16.5. The third-order valence-corrected chi connectivity index (χ3v) is 5.58. The van der Waals surface area contributed by atoms with E-state index in [9.17, 15) is 18.0 Å². The third kappa shape index (κ3) is 3.47. The largest absolute Gasteiger partial charge is 0.480 e. The lowest BCUT2D eigenvalue weighted by molar-refractivity contribution is -0.148. The molecule has 1 N–H and O–H groups in total. The van der Waals surface area contributed by atoms with Gasteiger partial charge in [-0.1, -0.05) is 19.1 Å². The summed E-state index contributed by atoms with van der Waals surface area (Å²) in [4.78, 5) is 24.9. The van der Waals surface area contributed by atoms with Crippen LogP contribution in [0.3, 0.4) is 0 Å². The summed E-state index contributed by atoms with van der Waals surface area (Å²) in [5, 5.41) is 9.11. The zero-order valence-electron chi connectivity index (χ0n) is 12.4. The molecule has 1 aromatic rings. The van der Waals surface area contributed by atoms with Crippen LogP contribution in [-0.2, 0) is 25.8 Å².